The van der Waals surface area contributed by atoms with Crippen LogP contribution in [0.1, 0.15) is 6.42 Å². The first-order valence-corrected chi connectivity index (χ1v) is 6.13. The number of carboxylic acid groups (broad SMARTS) is 1. The molecule has 1 aromatic rings. The quantitative estimate of drug-likeness (QED) is 0.800. The normalized spacial score (nSPS) is 22.4. The van der Waals surface area contributed by atoms with Crippen LogP contribution in [0.4, 0.5) is 0 Å². The van der Waals surface area contributed by atoms with Crippen LogP contribution in [0.2, 0.25) is 0 Å². The number of hydrogen-bond acceptors (Lipinski definition) is 4. The number of rotatable bonds is 5. The highest BCUT2D eigenvalue weighted by Gasteiger charge is 2.38. The van der Waals surface area contributed by atoms with Gasteiger partial charge in [0.05, 0.1) is 19.3 Å². The Kier molecular flexibility index (Phi) is 4.16. The number of aromatic nitrogens is 2. The van der Waals surface area contributed by atoms with Gasteiger partial charge >= 0.3 is 5.97 Å². The number of aryl methyl sites for hydroxylation is 1. The van der Waals surface area contributed by atoms with E-state index in [-0.39, 0.29) is 25.2 Å². The summed E-state index contributed by atoms with van der Waals surface area (Å²) in [6.45, 7) is 0.930. The number of ether oxygens (including phenoxy) is 1. The van der Waals surface area contributed by atoms with Gasteiger partial charge < -0.3 is 14.7 Å². The molecular weight excluding hydrogens is 250 g/mol. The Morgan fingerprint density at radius 2 is 2.32 bits per heavy atom. The van der Waals surface area contributed by atoms with E-state index < -0.39 is 11.9 Å². The first-order chi connectivity index (χ1) is 9.09. The van der Waals surface area contributed by atoms with Gasteiger partial charge in [0.1, 0.15) is 5.92 Å². The van der Waals surface area contributed by atoms with Gasteiger partial charge in [-0.05, 0) is 6.07 Å². The minimum Gasteiger partial charge on any atom is -0.481 e. The molecule has 104 valence electrons. The smallest absolute Gasteiger partial charge is 0.311 e. The van der Waals surface area contributed by atoms with E-state index in [0.717, 1.165) is 0 Å². The maximum atomic E-state index is 12.0. The van der Waals surface area contributed by atoms with Crippen molar-refractivity contribution in [1.82, 2.24) is 14.7 Å². The van der Waals surface area contributed by atoms with Crippen LogP contribution in [0.3, 0.4) is 0 Å². The van der Waals surface area contributed by atoms with Gasteiger partial charge in [-0.3, -0.25) is 14.3 Å². The average Bonchev–Trinajstić information content (AvgIpc) is 3.05. The van der Waals surface area contributed by atoms with E-state index in [1.54, 1.807) is 30.2 Å². The molecule has 1 amide bonds. The highest BCUT2D eigenvalue weighted by atomic mass is 16.5. The van der Waals surface area contributed by atoms with Gasteiger partial charge in [-0.2, -0.15) is 5.10 Å². The topological polar surface area (TPSA) is 84.7 Å². The van der Waals surface area contributed by atoms with Crippen molar-refractivity contribution in [3.63, 3.8) is 0 Å². The fourth-order valence-corrected chi connectivity index (χ4v) is 2.16. The van der Waals surface area contributed by atoms with E-state index in [9.17, 15) is 9.59 Å². The number of likely N-dealkylation sites (N-methyl/N-ethyl adjacent to an activating group) is 1. The minimum atomic E-state index is -0.922. The fourth-order valence-electron chi connectivity index (χ4n) is 2.16. The SMILES string of the molecule is CN(C(=O)CCn1cccn1)C1COCC1C(=O)O. The Labute approximate surface area is 110 Å². The summed E-state index contributed by atoms with van der Waals surface area (Å²) in [7, 11) is 1.63. The first-order valence-electron chi connectivity index (χ1n) is 6.13. The van der Waals surface area contributed by atoms with Crippen molar-refractivity contribution in [2.45, 2.75) is 19.0 Å². The van der Waals surface area contributed by atoms with E-state index in [1.165, 1.54) is 4.90 Å². The van der Waals surface area contributed by atoms with Crippen LogP contribution in [-0.4, -0.2) is 58.0 Å². The summed E-state index contributed by atoms with van der Waals surface area (Å²) in [5.41, 5.74) is 0. The first kappa shape index (κ1) is 13.5. The molecule has 0 bridgehead atoms. The largest absolute Gasteiger partial charge is 0.481 e. The molecule has 2 heterocycles. The van der Waals surface area contributed by atoms with E-state index in [2.05, 4.69) is 5.10 Å². The maximum absolute atomic E-state index is 12.0. The van der Waals surface area contributed by atoms with Crippen molar-refractivity contribution in [1.29, 1.82) is 0 Å². The van der Waals surface area contributed by atoms with Crippen molar-refractivity contribution < 1.29 is 19.4 Å². The predicted molar refractivity (Wildman–Crippen MR) is 65.3 cm³/mol. The molecule has 2 atom stereocenters. The Morgan fingerprint density at radius 1 is 1.53 bits per heavy atom. The molecule has 0 spiro atoms. The molecule has 0 radical (unpaired) electrons. The number of amides is 1. The molecule has 2 rings (SSSR count). The standard InChI is InChI=1S/C12H17N3O4/c1-14(10-8-19-7-9(10)12(17)18)11(16)3-6-15-5-2-4-13-15/h2,4-5,9-10H,3,6-8H2,1H3,(H,17,18). The summed E-state index contributed by atoms with van der Waals surface area (Å²) in [5.74, 6) is -1.66. The van der Waals surface area contributed by atoms with Crippen LogP contribution in [-0.2, 0) is 20.9 Å². The van der Waals surface area contributed by atoms with Crippen molar-refractivity contribution in [2.75, 3.05) is 20.3 Å². The van der Waals surface area contributed by atoms with E-state index in [1.807, 2.05) is 0 Å². The van der Waals surface area contributed by atoms with Crippen LogP contribution in [0.25, 0.3) is 0 Å². The van der Waals surface area contributed by atoms with Crippen molar-refractivity contribution in [3.8, 4) is 0 Å². The monoisotopic (exact) mass is 267 g/mol. The van der Waals surface area contributed by atoms with E-state index in [0.29, 0.717) is 13.0 Å². The van der Waals surface area contributed by atoms with Gasteiger partial charge in [0.25, 0.3) is 0 Å². The number of nitrogens with zero attached hydrogens (tertiary/aromatic N) is 3. The zero-order valence-electron chi connectivity index (χ0n) is 10.7. The predicted octanol–water partition coefficient (Wildman–Crippen LogP) is -0.169. The van der Waals surface area contributed by atoms with Crippen LogP contribution in [0.15, 0.2) is 18.5 Å². The second-order valence-corrected chi connectivity index (χ2v) is 4.57. The Balaban J connectivity index is 1.89. The summed E-state index contributed by atoms with van der Waals surface area (Å²) >= 11 is 0. The van der Waals surface area contributed by atoms with Gasteiger partial charge in [0.15, 0.2) is 0 Å². The molecule has 1 aliphatic rings. The second-order valence-electron chi connectivity index (χ2n) is 4.57. The maximum Gasteiger partial charge on any atom is 0.311 e. The van der Waals surface area contributed by atoms with Crippen LogP contribution >= 0.6 is 0 Å². The highest BCUT2D eigenvalue weighted by Crippen LogP contribution is 2.19. The van der Waals surface area contributed by atoms with E-state index >= 15 is 0 Å². The molecule has 2 unspecified atom stereocenters. The molecule has 1 aromatic heterocycles. The zero-order valence-corrected chi connectivity index (χ0v) is 10.7. The zero-order chi connectivity index (χ0) is 13.8. The number of carbonyl (C=O) groups excluding carboxylic acids is 1. The van der Waals surface area contributed by atoms with Crippen molar-refractivity contribution in [3.05, 3.63) is 18.5 Å². The summed E-state index contributed by atoms with van der Waals surface area (Å²) in [6.07, 6.45) is 3.73. The molecule has 0 aromatic carbocycles. The number of carbonyl (C=O) groups is 2. The molecule has 1 aliphatic heterocycles. The Hall–Kier alpha value is -1.89. The average molecular weight is 267 g/mol. The molecule has 1 saturated heterocycles. The van der Waals surface area contributed by atoms with Crippen molar-refractivity contribution >= 4 is 11.9 Å². The lowest BCUT2D eigenvalue weighted by Crippen LogP contribution is -2.44. The van der Waals surface area contributed by atoms with Crippen LogP contribution < -0.4 is 0 Å². The second kappa shape index (κ2) is 5.83. The molecule has 19 heavy (non-hydrogen) atoms. The molecule has 1 fully saturated rings. The third-order valence-electron chi connectivity index (χ3n) is 3.37. The summed E-state index contributed by atoms with van der Waals surface area (Å²) in [4.78, 5) is 24.6. The van der Waals surface area contributed by atoms with Crippen LogP contribution in [0, 0.1) is 5.92 Å². The van der Waals surface area contributed by atoms with Gasteiger partial charge in [0, 0.05) is 32.4 Å². The third kappa shape index (κ3) is 3.11. The molecule has 7 heteroatoms. The van der Waals surface area contributed by atoms with Gasteiger partial charge in [0.2, 0.25) is 5.91 Å². The van der Waals surface area contributed by atoms with Crippen molar-refractivity contribution in [2.24, 2.45) is 5.92 Å². The fraction of sp³-hybridized carbons (Fsp3) is 0.583. The number of carboxylic acids is 1. The highest BCUT2D eigenvalue weighted by molar-refractivity contribution is 5.78. The van der Waals surface area contributed by atoms with Gasteiger partial charge in [-0.15, -0.1) is 0 Å². The molecule has 0 aliphatic carbocycles. The van der Waals surface area contributed by atoms with Gasteiger partial charge in [-0.1, -0.05) is 0 Å². The Morgan fingerprint density at radius 3 is 2.95 bits per heavy atom. The summed E-state index contributed by atoms with van der Waals surface area (Å²) in [5, 5.41) is 13.1. The third-order valence-corrected chi connectivity index (χ3v) is 3.37. The summed E-state index contributed by atoms with van der Waals surface area (Å²) < 4.78 is 6.83. The van der Waals surface area contributed by atoms with Gasteiger partial charge in [-0.25, -0.2) is 0 Å². The summed E-state index contributed by atoms with van der Waals surface area (Å²) in [6, 6.07) is 1.40. The Bertz CT molecular complexity index is 446. The molecule has 0 saturated carbocycles. The minimum absolute atomic E-state index is 0.0998. The lowest BCUT2D eigenvalue weighted by atomic mass is 10.0. The van der Waals surface area contributed by atoms with E-state index in [4.69, 9.17) is 9.84 Å². The number of aliphatic carboxylic acids is 1. The number of hydrogen-bond donors (Lipinski definition) is 1. The lowest BCUT2D eigenvalue weighted by Gasteiger charge is -2.26. The molecular formula is C12H17N3O4. The molecule has 1 N–H and O–H groups in total. The van der Waals surface area contributed by atoms with Crippen LogP contribution in [0.5, 0.6) is 0 Å². The lowest BCUT2D eigenvalue weighted by molar-refractivity contribution is -0.144. The molecule has 7 nitrogen and oxygen atoms in total.